The van der Waals surface area contributed by atoms with Gasteiger partial charge in [0.2, 0.25) is 17.7 Å². The molecule has 1 aliphatic carbocycles. The maximum atomic E-state index is 13.2. The van der Waals surface area contributed by atoms with Crippen LogP contribution in [0.2, 0.25) is 0 Å². The van der Waals surface area contributed by atoms with Crippen LogP contribution in [0.4, 0.5) is 0 Å². The Morgan fingerprint density at radius 2 is 1.96 bits per heavy atom. The molecule has 2 atom stereocenters. The van der Waals surface area contributed by atoms with Crippen molar-refractivity contribution in [1.29, 1.82) is 0 Å². The maximum absolute atomic E-state index is 13.2. The lowest BCUT2D eigenvalue weighted by Crippen LogP contribution is -2.48. The van der Waals surface area contributed by atoms with E-state index in [1.165, 1.54) is 12.8 Å². The number of carbonyl (C=O) groups excluding carboxylic acids is 3. The van der Waals surface area contributed by atoms with Crippen LogP contribution < -0.4 is 0 Å². The highest BCUT2D eigenvalue weighted by molar-refractivity contribution is 5.90. The molecular weight excluding hydrogens is 334 g/mol. The summed E-state index contributed by atoms with van der Waals surface area (Å²) in [6, 6.07) is 1.51. The Morgan fingerprint density at radius 3 is 2.62 bits per heavy atom. The van der Waals surface area contributed by atoms with Gasteiger partial charge in [0.25, 0.3) is 0 Å². The van der Waals surface area contributed by atoms with E-state index in [0.29, 0.717) is 25.4 Å². The molecule has 8 heteroatoms. The largest absolute Gasteiger partial charge is 0.336 e. The van der Waals surface area contributed by atoms with Crippen LogP contribution in [0, 0.1) is 11.8 Å². The lowest BCUT2D eigenvalue weighted by Gasteiger charge is -2.39. The molecule has 0 bridgehead atoms. The number of carbonyl (C=O) groups is 3. The van der Waals surface area contributed by atoms with E-state index >= 15 is 0 Å². The molecule has 0 aromatic carbocycles. The first-order valence-corrected chi connectivity index (χ1v) is 9.26. The fourth-order valence-electron chi connectivity index (χ4n) is 4.13. The topological polar surface area (TPSA) is 78.8 Å². The summed E-state index contributed by atoms with van der Waals surface area (Å²) in [5, 5.41) is 4.20. The molecule has 0 spiro atoms. The first-order valence-electron chi connectivity index (χ1n) is 9.26. The van der Waals surface area contributed by atoms with Crippen molar-refractivity contribution in [3.63, 3.8) is 0 Å². The second-order valence-corrected chi connectivity index (χ2v) is 7.71. The summed E-state index contributed by atoms with van der Waals surface area (Å²) in [6.07, 6.45) is 4.90. The van der Waals surface area contributed by atoms with Gasteiger partial charge in [-0.05, 0) is 31.2 Å². The zero-order chi connectivity index (χ0) is 18.4. The van der Waals surface area contributed by atoms with Crippen molar-refractivity contribution in [2.24, 2.45) is 18.9 Å². The smallest absolute Gasteiger partial charge is 0.243 e. The van der Waals surface area contributed by atoms with Crippen molar-refractivity contribution < 1.29 is 14.4 Å². The number of hydrogen-bond acceptors (Lipinski definition) is 4. The van der Waals surface area contributed by atoms with Gasteiger partial charge in [-0.1, -0.05) is 0 Å². The Kier molecular flexibility index (Phi) is 4.20. The number of nitrogens with zero attached hydrogens (tertiary/aromatic N) is 5. The monoisotopic (exact) mass is 359 g/mol. The van der Waals surface area contributed by atoms with E-state index in [0.717, 1.165) is 12.2 Å². The van der Waals surface area contributed by atoms with Crippen molar-refractivity contribution in [1.82, 2.24) is 24.5 Å². The normalized spacial score (nSPS) is 26.8. The second kappa shape index (κ2) is 6.41. The number of amides is 3. The van der Waals surface area contributed by atoms with E-state index in [4.69, 9.17) is 0 Å². The molecule has 1 aromatic rings. The molecule has 4 rings (SSSR count). The molecule has 0 unspecified atom stereocenters. The summed E-state index contributed by atoms with van der Waals surface area (Å²) in [5.74, 6) is 0.286. The van der Waals surface area contributed by atoms with Crippen molar-refractivity contribution in [2.45, 2.75) is 31.7 Å². The van der Waals surface area contributed by atoms with E-state index in [9.17, 15) is 14.4 Å². The summed E-state index contributed by atoms with van der Waals surface area (Å²) in [5.41, 5.74) is 0.847. The van der Waals surface area contributed by atoms with Gasteiger partial charge in [-0.2, -0.15) is 5.10 Å². The molecular formula is C18H25N5O3. The predicted molar refractivity (Wildman–Crippen MR) is 92.5 cm³/mol. The number of rotatable bonds is 4. The Bertz CT molecular complexity index is 741. The van der Waals surface area contributed by atoms with Crippen LogP contribution in [0.15, 0.2) is 12.3 Å². The van der Waals surface area contributed by atoms with Gasteiger partial charge in [0.15, 0.2) is 0 Å². The third-order valence-electron chi connectivity index (χ3n) is 5.85. The molecule has 3 fully saturated rings. The molecule has 3 amide bonds. The first-order chi connectivity index (χ1) is 12.5. The SMILES string of the molecule is CN1C(=O)CC[C@H](C(=O)N2CC(=O)N(CC3CC3)C2)[C@H]1c1ccnn1C. The van der Waals surface area contributed by atoms with Gasteiger partial charge in [-0.25, -0.2) is 0 Å². The second-order valence-electron chi connectivity index (χ2n) is 7.71. The van der Waals surface area contributed by atoms with Crippen molar-refractivity contribution in [2.75, 3.05) is 26.8 Å². The van der Waals surface area contributed by atoms with E-state index in [2.05, 4.69) is 5.10 Å². The molecule has 0 N–H and O–H groups in total. The standard InChI is InChI=1S/C18H25N5O3/c1-20-15(24)6-5-13(17(20)14-7-8-19-21(14)2)18(26)23-10-16(25)22(11-23)9-12-3-4-12/h7-8,12-13,17H,3-6,9-11H2,1-2H3/t13-,17-/m0/s1. The van der Waals surface area contributed by atoms with E-state index in [-0.39, 0.29) is 36.2 Å². The number of hydrogen-bond donors (Lipinski definition) is 0. The molecule has 3 heterocycles. The average Bonchev–Trinajstić information content (AvgIpc) is 3.22. The number of piperidine rings is 1. The Balaban J connectivity index is 1.54. The highest BCUT2D eigenvalue weighted by atomic mass is 16.2. The highest BCUT2D eigenvalue weighted by Gasteiger charge is 2.44. The Labute approximate surface area is 152 Å². The van der Waals surface area contributed by atoms with E-state index in [1.807, 2.05) is 13.1 Å². The van der Waals surface area contributed by atoms with Crippen LogP contribution in [0.3, 0.4) is 0 Å². The van der Waals surface area contributed by atoms with E-state index in [1.54, 1.807) is 32.6 Å². The summed E-state index contributed by atoms with van der Waals surface area (Å²) in [6.45, 7) is 1.29. The van der Waals surface area contributed by atoms with Gasteiger partial charge in [-0.15, -0.1) is 0 Å². The lowest BCUT2D eigenvalue weighted by molar-refractivity contribution is -0.147. The average molecular weight is 359 g/mol. The molecule has 0 radical (unpaired) electrons. The fraction of sp³-hybridized carbons (Fsp3) is 0.667. The fourth-order valence-corrected chi connectivity index (χ4v) is 4.13. The minimum atomic E-state index is -0.346. The first kappa shape index (κ1) is 17.1. The molecule has 1 saturated carbocycles. The molecule has 26 heavy (non-hydrogen) atoms. The molecule has 1 aromatic heterocycles. The summed E-state index contributed by atoms with van der Waals surface area (Å²) in [7, 11) is 3.56. The van der Waals surface area contributed by atoms with Gasteiger partial charge < -0.3 is 14.7 Å². The van der Waals surface area contributed by atoms with Crippen molar-refractivity contribution in [3.8, 4) is 0 Å². The van der Waals surface area contributed by atoms with E-state index < -0.39 is 0 Å². The Hall–Kier alpha value is -2.38. The molecule has 8 nitrogen and oxygen atoms in total. The molecule has 3 aliphatic rings. The summed E-state index contributed by atoms with van der Waals surface area (Å²) >= 11 is 0. The van der Waals surface area contributed by atoms with Crippen LogP contribution in [0.25, 0.3) is 0 Å². The van der Waals surface area contributed by atoms with Crippen LogP contribution in [0.1, 0.15) is 37.4 Å². The molecule has 2 saturated heterocycles. The number of aromatic nitrogens is 2. The van der Waals surface area contributed by atoms with Gasteiger partial charge in [-0.3, -0.25) is 19.1 Å². The maximum Gasteiger partial charge on any atom is 0.243 e. The molecule has 140 valence electrons. The van der Waals surface area contributed by atoms with Crippen molar-refractivity contribution >= 4 is 17.7 Å². The quantitative estimate of drug-likeness (QED) is 0.778. The van der Waals surface area contributed by atoms with Crippen molar-refractivity contribution in [3.05, 3.63) is 18.0 Å². The predicted octanol–water partition coefficient (Wildman–Crippen LogP) is 0.368. The number of likely N-dealkylation sites (tertiary alicyclic amines) is 1. The van der Waals surface area contributed by atoms with Gasteiger partial charge in [0.1, 0.15) is 6.54 Å². The van der Waals surface area contributed by atoms with Crippen LogP contribution >= 0.6 is 0 Å². The molecule has 2 aliphatic heterocycles. The van der Waals surface area contributed by atoms with Crippen LogP contribution in [-0.2, 0) is 21.4 Å². The third-order valence-corrected chi connectivity index (χ3v) is 5.85. The van der Waals surface area contributed by atoms with Gasteiger partial charge in [0, 0.05) is 33.3 Å². The Morgan fingerprint density at radius 1 is 1.19 bits per heavy atom. The lowest BCUT2D eigenvalue weighted by atomic mass is 9.86. The minimum absolute atomic E-state index is 0.0302. The summed E-state index contributed by atoms with van der Waals surface area (Å²) < 4.78 is 1.72. The minimum Gasteiger partial charge on any atom is -0.336 e. The van der Waals surface area contributed by atoms with Crippen LogP contribution in [0.5, 0.6) is 0 Å². The zero-order valence-electron chi connectivity index (χ0n) is 15.3. The zero-order valence-corrected chi connectivity index (χ0v) is 15.3. The third kappa shape index (κ3) is 2.97. The highest BCUT2D eigenvalue weighted by Crippen LogP contribution is 2.37. The van der Waals surface area contributed by atoms with Gasteiger partial charge >= 0.3 is 0 Å². The number of aryl methyl sites for hydroxylation is 1. The van der Waals surface area contributed by atoms with Crippen LogP contribution in [-0.4, -0.2) is 69.0 Å². The van der Waals surface area contributed by atoms with Gasteiger partial charge in [0.05, 0.1) is 24.3 Å². The summed E-state index contributed by atoms with van der Waals surface area (Å²) in [4.78, 5) is 42.9.